The van der Waals surface area contributed by atoms with Gasteiger partial charge in [-0.15, -0.1) is 10.2 Å². The molecule has 1 aromatic carbocycles. The Labute approximate surface area is 150 Å². The first-order valence-electron chi connectivity index (χ1n) is 8.12. The van der Waals surface area contributed by atoms with Crippen molar-refractivity contribution in [3.63, 3.8) is 0 Å². The number of hydrogen-bond donors (Lipinski definition) is 0. The number of rotatable bonds is 4. The van der Waals surface area contributed by atoms with Gasteiger partial charge >= 0.3 is 0 Å². The van der Waals surface area contributed by atoms with Gasteiger partial charge in [0.15, 0.2) is 0 Å². The van der Waals surface area contributed by atoms with E-state index in [1.54, 1.807) is 0 Å². The van der Waals surface area contributed by atoms with Gasteiger partial charge in [-0.3, -0.25) is 9.69 Å². The molecule has 0 bridgehead atoms. The van der Waals surface area contributed by atoms with Crippen LogP contribution in [-0.2, 0) is 6.54 Å². The second kappa shape index (κ2) is 7.44. The lowest BCUT2D eigenvalue weighted by atomic mass is 10.2. The van der Waals surface area contributed by atoms with E-state index in [0.717, 1.165) is 23.1 Å². The Bertz CT molecular complexity index is 691. The molecule has 128 valence electrons. The molecule has 1 aliphatic heterocycles. The lowest BCUT2D eigenvalue weighted by Gasteiger charge is -2.34. The SMILES string of the molecule is CC(C)c1nnc(CN2CCN(C(=O)c3ccc(Br)cc3)CC2)o1. The highest BCUT2D eigenvalue weighted by Crippen LogP contribution is 2.16. The van der Waals surface area contributed by atoms with Crippen LogP contribution in [-0.4, -0.2) is 52.1 Å². The number of aromatic nitrogens is 2. The normalized spacial score (nSPS) is 15.9. The summed E-state index contributed by atoms with van der Waals surface area (Å²) >= 11 is 3.39. The maximum absolute atomic E-state index is 12.5. The smallest absolute Gasteiger partial charge is 0.253 e. The van der Waals surface area contributed by atoms with Gasteiger partial charge in [0, 0.05) is 42.1 Å². The highest BCUT2D eigenvalue weighted by molar-refractivity contribution is 9.10. The van der Waals surface area contributed by atoms with Crippen molar-refractivity contribution in [3.05, 3.63) is 46.1 Å². The first-order valence-corrected chi connectivity index (χ1v) is 8.91. The highest BCUT2D eigenvalue weighted by atomic mass is 79.9. The second-order valence-corrected chi connectivity index (χ2v) is 7.18. The molecule has 0 unspecified atom stereocenters. The predicted octanol–water partition coefficient (Wildman–Crippen LogP) is 2.91. The quantitative estimate of drug-likeness (QED) is 0.800. The van der Waals surface area contributed by atoms with Crippen LogP contribution in [0, 0.1) is 0 Å². The molecule has 0 aliphatic carbocycles. The molecule has 1 fully saturated rings. The van der Waals surface area contributed by atoms with E-state index in [0.29, 0.717) is 31.4 Å². The lowest BCUT2D eigenvalue weighted by Crippen LogP contribution is -2.48. The van der Waals surface area contributed by atoms with E-state index in [4.69, 9.17) is 4.42 Å². The summed E-state index contributed by atoms with van der Waals surface area (Å²) in [5.41, 5.74) is 0.727. The number of amides is 1. The van der Waals surface area contributed by atoms with Crippen molar-refractivity contribution in [2.45, 2.75) is 26.3 Å². The van der Waals surface area contributed by atoms with E-state index in [9.17, 15) is 4.79 Å². The Hall–Kier alpha value is -1.73. The molecular weight excluding hydrogens is 372 g/mol. The fourth-order valence-corrected chi connectivity index (χ4v) is 2.90. The van der Waals surface area contributed by atoms with Crippen molar-refractivity contribution in [2.24, 2.45) is 0 Å². The Morgan fingerprint density at radius 3 is 2.42 bits per heavy atom. The summed E-state index contributed by atoms with van der Waals surface area (Å²) in [6.45, 7) is 7.73. The van der Waals surface area contributed by atoms with Crippen LogP contribution in [0.5, 0.6) is 0 Å². The van der Waals surface area contributed by atoms with Crippen molar-refractivity contribution in [3.8, 4) is 0 Å². The van der Waals surface area contributed by atoms with Crippen LogP contribution < -0.4 is 0 Å². The number of piperazine rings is 1. The Morgan fingerprint density at radius 2 is 1.83 bits per heavy atom. The molecule has 1 aromatic heterocycles. The van der Waals surface area contributed by atoms with Gasteiger partial charge in [0.1, 0.15) is 0 Å². The minimum absolute atomic E-state index is 0.0852. The molecule has 0 spiro atoms. The summed E-state index contributed by atoms with van der Waals surface area (Å²) < 4.78 is 6.63. The number of carbonyl (C=O) groups is 1. The lowest BCUT2D eigenvalue weighted by molar-refractivity contribution is 0.0617. The maximum Gasteiger partial charge on any atom is 0.253 e. The number of benzene rings is 1. The van der Waals surface area contributed by atoms with Gasteiger partial charge in [-0.25, -0.2) is 0 Å². The van der Waals surface area contributed by atoms with E-state index >= 15 is 0 Å². The van der Waals surface area contributed by atoms with Crippen molar-refractivity contribution < 1.29 is 9.21 Å². The van der Waals surface area contributed by atoms with Crippen LogP contribution in [0.2, 0.25) is 0 Å². The molecule has 3 rings (SSSR count). The van der Waals surface area contributed by atoms with Crippen LogP contribution >= 0.6 is 15.9 Å². The monoisotopic (exact) mass is 392 g/mol. The van der Waals surface area contributed by atoms with Crippen LogP contribution in [0.4, 0.5) is 0 Å². The topological polar surface area (TPSA) is 62.5 Å². The first kappa shape index (κ1) is 17.1. The highest BCUT2D eigenvalue weighted by Gasteiger charge is 2.23. The molecule has 0 atom stereocenters. The Kier molecular flexibility index (Phi) is 5.30. The van der Waals surface area contributed by atoms with E-state index in [1.807, 2.05) is 43.0 Å². The minimum atomic E-state index is 0.0852. The molecule has 0 N–H and O–H groups in total. The van der Waals surface area contributed by atoms with Gasteiger partial charge in [-0.05, 0) is 24.3 Å². The molecule has 6 nitrogen and oxygen atoms in total. The molecule has 24 heavy (non-hydrogen) atoms. The number of hydrogen-bond acceptors (Lipinski definition) is 5. The summed E-state index contributed by atoms with van der Waals surface area (Å²) in [6.07, 6.45) is 0. The maximum atomic E-state index is 12.5. The van der Waals surface area contributed by atoms with Gasteiger partial charge in [0.25, 0.3) is 5.91 Å². The van der Waals surface area contributed by atoms with Crippen LogP contribution in [0.1, 0.15) is 41.9 Å². The Balaban J connectivity index is 1.53. The third-order valence-corrected chi connectivity index (χ3v) is 4.61. The minimum Gasteiger partial charge on any atom is -0.424 e. The number of carbonyl (C=O) groups excluding carboxylic acids is 1. The van der Waals surface area contributed by atoms with Gasteiger partial charge in [0.05, 0.1) is 6.54 Å². The summed E-state index contributed by atoms with van der Waals surface area (Å²) in [5.74, 6) is 1.65. The van der Waals surface area contributed by atoms with Crippen molar-refractivity contribution >= 4 is 21.8 Å². The molecule has 1 saturated heterocycles. The molecule has 1 amide bonds. The summed E-state index contributed by atoms with van der Waals surface area (Å²) in [7, 11) is 0. The van der Waals surface area contributed by atoms with Crippen LogP contribution in [0.15, 0.2) is 33.2 Å². The third kappa shape index (κ3) is 4.02. The van der Waals surface area contributed by atoms with Crippen molar-refractivity contribution in [2.75, 3.05) is 26.2 Å². The van der Waals surface area contributed by atoms with Gasteiger partial charge in [0.2, 0.25) is 11.8 Å². The van der Waals surface area contributed by atoms with Crippen molar-refractivity contribution in [1.82, 2.24) is 20.0 Å². The average molecular weight is 393 g/mol. The fraction of sp³-hybridized carbons (Fsp3) is 0.471. The van der Waals surface area contributed by atoms with Crippen LogP contribution in [0.25, 0.3) is 0 Å². The zero-order valence-electron chi connectivity index (χ0n) is 13.9. The molecule has 0 radical (unpaired) electrons. The third-order valence-electron chi connectivity index (χ3n) is 4.09. The molecule has 2 heterocycles. The second-order valence-electron chi connectivity index (χ2n) is 6.26. The molecule has 2 aromatic rings. The van der Waals surface area contributed by atoms with Gasteiger partial charge < -0.3 is 9.32 Å². The summed E-state index contributed by atoms with van der Waals surface area (Å²) in [4.78, 5) is 16.6. The Morgan fingerprint density at radius 1 is 1.17 bits per heavy atom. The number of halogens is 1. The predicted molar refractivity (Wildman–Crippen MR) is 93.7 cm³/mol. The van der Waals surface area contributed by atoms with E-state index < -0.39 is 0 Å². The van der Waals surface area contributed by atoms with Gasteiger partial charge in [-0.1, -0.05) is 29.8 Å². The largest absolute Gasteiger partial charge is 0.424 e. The van der Waals surface area contributed by atoms with E-state index in [1.165, 1.54) is 0 Å². The first-order chi connectivity index (χ1) is 11.5. The van der Waals surface area contributed by atoms with E-state index in [2.05, 4.69) is 31.0 Å². The number of nitrogens with zero attached hydrogens (tertiary/aromatic N) is 4. The molecule has 1 aliphatic rings. The average Bonchev–Trinajstić information content (AvgIpc) is 3.04. The van der Waals surface area contributed by atoms with E-state index in [-0.39, 0.29) is 11.8 Å². The standard InChI is InChI=1S/C17H21BrN4O2/c1-12(2)16-20-19-15(24-16)11-21-7-9-22(10-8-21)17(23)13-3-5-14(18)6-4-13/h3-6,12H,7-11H2,1-2H3. The molecule has 0 saturated carbocycles. The zero-order valence-corrected chi connectivity index (χ0v) is 15.5. The van der Waals surface area contributed by atoms with Crippen molar-refractivity contribution in [1.29, 1.82) is 0 Å². The summed E-state index contributed by atoms with van der Waals surface area (Å²) in [6, 6.07) is 7.49. The molecule has 7 heteroatoms. The molecular formula is C17H21BrN4O2. The zero-order chi connectivity index (χ0) is 17.1. The fourth-order valence-electron chi connectivity index (χ4n) is 2.64. The van der Waals surface area contributed by atoms with Gasteiger partial charge in [-0.2, -0.15) is 0 Å². The summed E-state index contributed by atoms with van der Waals surface area (Å²) in [5, 5.41) is 8.16. The van der Waals surface area contributed by atoms with Crippen LogP contribution in [0.3, 0.4) is 0 Å².